The van der Waals surface area contributed by atoms with Crippen molar-refractivity contribution in [1.29, 1.82) is 0 Å². The summed E-state index contributed by atoms with van der Waals surface area (Å²) >= 11 is 8.28. The average molecular weight is 375 g/mol. The molecule has 2 rings (SSSR count). The van der Waals surface area contributed by atoms with Crippen molar-refractivity contribution in [3.8, 4) is 0 Å². The molecule has 4 heteroatoms. The molecule has 1 nitrogen and oxygen atoms in total. The van der Waals surface area contributed by atoms with Crippen LogP contribution in [0.5, 0.6) is 0 Å². The van der Waals surface area contributed by atoms with Crippen molar-refractivity contribution in [1.82, 2.24) is 0 Å². The van der Waals surface area contributed by atoms with E-state index < -0.39 is 0 Å². The summed E-state index contributed by atoms with van der Waals surface area (Å²) in [5.74, 6) is -0.557. The molecule has 0 N–H and O–H groups in total. The van der Waals surface area contributed by atoms with Gasteiger partial charge in [-0.1, -0.05) is 11.6 Å². The normalized spacial score (nSPS) is 10.4. The topological polar surface area (TPSA) is 17.1 Å². The molecular formula is C14H9ClFIO. The van der Waals surface area contributed by atoms with Crippen molar-refractivity contribution in [2.24, 2.45) is 0 Å². The Morgan fingerprint density at radius 1 is 1.22 bits per heavy atom. The van der Waals surface area contributed by atoms with E-state index in [1.807, 2.05) is 13.0 Å². The summed E-state index contributed by atoms with van der Waals surface area (Å²) in [7, 11) is 0. The fraction of sp³-hybridized carbons (Fsp3) is 0.0714. The van der Waals surface area contributed by atoms with Crippen LogP contribution in [0.25, 0.3) is 0 Å². The molecule has 18 heavy (non-hydrogen) atoms. The van der Waals surface area contributed by atoms with Gasteiger partial charge in [0.1, 0.15) is 5.82 Å². The van der Waals surface area contributed by atoms with Crippen molar-refractivity contribution in [2.75, 3.05) is 0 Å². The summed E-state index contributed by atoms with van der Waals surface area (Å²) in [4.78, 5) is 12.3. The molecule has 0 aliphatic heterocycles. The van der Waals surface area contributed by atoms with Crippen molar-refractivity contribution >= 4 is 40.0 Å². The van der Waals surface area contributed by atoms with E-state index in [1.165, 1.54) is 24.3 Å². The zero-order chi connectivity index (χ0) is 13.3. The lowest BCUT2D eigenvalue weighted by atomic mass is 10.0. The van der Waals surface area contributed by atoms with Gasteiger partial charge in [0.15, 0.2) is 5.78 Å². The SMILES string of the molecule is Cc1cc(I)cc(C(=O)c2ccc(F)cc2)c1Cl. The lowest BCUT2D eigenvalue weighted by Gasteiger charge is -2.07. The van der Waals surface area contributed by atoms with Gasteiger partial charge >= 0.3 is 0 Å². The van der Waals surface area contributed by atoms with E-state index in [1.54, 1.807) is 6.07 Å². The monoisotopic (exact) mass is 374 g/mol. The van der Waals surface area contributed by atoms with Crippen LogP contribution in [0.3, 0.4) is 0 Å². The third-order valence-corrected chi connectivity index (χ3v) is 3.69. The number of rotatable bonds is 2. The summed E-state index contributed by atoms with van der Waals surface area (Å²) in [6, 6.07) is 9.10. The summed E-state index contributed by atoms with van der Waals surface area (Å²) in [6.07, 6.45) is 0. The van der Waals surface area contributed by atoms with Crippen LogP contribution in [0.4, 0.5) is 4.39 Å². The van der Waals surface area contributed by atoms with Gasteiger partial charge < -0.3 is 0 Å². The van der Waals surface area contributed by atoms with E-state index in [9.17, 15) is 9.18 Å². The van der Waals surface area contributed by atoms with E-state index in [-0.39, 0.29) is 11.6 Å². The molecule has 0 radical (unpaired) electrons. The highest BCUT2D eigenvalue weighted by molar-refractivity contribution is 14.1. The van der Waals surface area contributed by atoms with Crippen LogP contribution in [0, 0.1) is 16.3 Å². The van der Waals surface area contributed by atoms with Crippen LogP contribution in [0.1, 0.15) is 21.5 Å². The van der Waals surface area contributed by atoms with Gasteiger partial charge in [0, 0.05) is 14.7 Å². The maximum absolute atomic E-state index is 12.8. The van der Waals surface area contributed by atoms with Crippen LogP contribution >= 0.6 is 34.2 Å². The molecule has 0 aliphatic rings. The van der Waals surface area contributed by atoms with Crippen molar-refractivity contribution < 1.29 is 9.18 Å². The van der Waals surface area contributed by atoms with Crippen LogP contribution in [0.2, 0.25) is 5.02 Å². The zero-order valence-electron chi connectivity index (χ0n) is 9.51. The fourth-order valence-electron chi connectivity index (χ4n) is 1.65. The minimum absolute atomic E-state index is 0.193. The summed E-state index contributed by atoms with van der Waals surface area (Å²) in [5, 5.41) is 0.449. The Labute approximate surface area is 123 Å². The van der Waals surface area contributed by atoms with E-state index in [0.29, 0.717) is 16.1 Å². The van der Waals surface area contributed by atoms with Crippen molar-refractivity contribution in [2.45, 2.75) is 6.92 Å². The Hall–Kier alpha value is -0.940. The largest absolute Gasteiger partial charge is 0.289 e. The van der Waals surface area contributed by atoms with Crippen LogP contribution in [-0.4, -0.2) is 5.78 Å². The van der Waals surface area contributed by atoms with Crippen LogP contribution in [-0.2, 0) is 0 Å². The minimum atomic E-state index is -0.364. The molecule has 2 aromatic rings. The number of ketones is 1. The summed E-state index contributed by atoms with van der Waals surface area (Å²) in [5.41, 5.74) is 1.74. The standard InChI is InChI=1S/C14H9ClFIO/c1-8-6-11(17)7-12(13(8)15)14(18)9-2-4-10(16)5-3-9/h2-7H,1H3. The smallest absolute Gasteiger partial charge is 0.194 e. The van der Waals surface area contributed by atoms with E-state index in [2.05, 4.69) is 22.6 Å². The van der Waals surface area contributed by atoms with Gasteiger partial charge in [0.05, 0.1) is 5.02 Å². The molecule has 0 aliphatic carbocycles. The summed E-state index contributed by atoms with van der Waals surface area (Å²) in [6.45, 7) is 1.85. The first-order valence-corrected chi connectivity index (χ1v) is 6.70. The third-order valence-electron chi connectivity index (χ3n) is 2.57. The van der Waals surface area contributed by atoms with Crippen LogP contribution < -0.4 is 0 Å². The Morgan fingerprint density at radius 2 is 1.83 bits per heavy atom. The third kappa shape index (κ3) is 2.72. The number of hydrogen-bond donors (Lipinski definition) is 0. The number of carbonyl (C=O) groups is 1. The molecule has 0 fully saturated rings. The highest BCUT2D eigenvalue weighted by atomic mass is 127. The highest BCUT2D eigenvalue weighted by Gasteiger charge is 2.15. The molecule has 0 saturated carbocycles. The Morgan fingerprint density at radius 3 is 2.44 bits per heavy atom. The second kappa shape index (κ2) is 5.36. The van der Waals surface area contributed by atoms with Gasteiger partial charge in [-0.3, -0.25) is 4.79 Å². The predicted octanol–water partition coefficient (Wildman–Crippen LogP) is 4.62. The van der Waals surface area contributed by atoms with E-state index in [4.69, 9.17) is 11.6 Å². The molecule has 0 amide bonds. The molecule has 0 unspecified atom stereocenters. The predicted molar refractivity (Wildman–Crippen MR) is 78.7 cm³/mol. The van der Waals surface area contributed by atoms with Gasteiger partial charge in [0.2, 0.25) is 0 Å². The van der Waals surface area contributed by atoms with E-state index >= 15 is 0 Å². The number of benzene rings is 2. The average Bonchev–Trinajstić information content (AvgIpc) is 2.34. The maximum atomic E-state index is 12.8. The minimum Gasteiger partial charge on any atom is -0.289 e. The lowest BCUT2D eigenvalue weighted by molar-refractivity contribution is 0.103. The Kier molecular flexibility index (Phi) is 4.02. The number of carbonyl (C=O) groups excluding carboxylic acids is 1. The van der Waals surface area contributed by atoms with E-state index in [0.717, 1.165) is 9.13 Å². The van der Waals surface area contributed by atoms with Gasteiger partial charge in [-0.05, 0) is 71.5 Å². The summed E-state index contributed by atoms with van der Waals surface area (Å²) < 4.78 is 13.8. The molecule has 0 aromatic heterocycles. The Balaban J connectivity index is 2.49. The molecular weight excluding hydrogens is 366 g/mol. The van der Waals surface area contributed by atoms with Crippen molar-refractivity contribution in [3.63, 3.8) is 0 Å². The number of halogens is 3. The molecule has 92 valence electrons. The van der Waals surface area contributed by atoms with Gasteiger partial charge in [-0.25, -0.2) is 4.39 Å². The lowest BCUT2D eigenvalue weighted by Crippen LogP contribution is -2.03. The second-order valence-electron chi connectivity index (χ2n) is 3.92. The first-order valence-electron chi connectivity index (χ1n) is 5.25. The van der Waals surface area contributed by atoms with Crippen LogP contribution in [0.15, 0.2) is 36.4 Å². The number of hydrogen-bond acceptors (Lipinski definition) is 1. The first kappa shape index (κ1) is 13.5. The number of aryl methyl sites for hydroxylation is 1. The van der Waals surface area contributed by atoms with Gasteiger partial charge in [-0.15, -0.1) is 0 Å². The first-order chi connectivity index (χ1) is 8.49. The van der Waals surface area contributed by atoms with Crippen molar-refractivity contribution in [3.05, 3.63) is 67.5 Å². The zero-order valence-corrected chi connectivity index (χ0v) is 12.4. The molecule has 0 saturated heterocycles. The molecule has 0 heterocycles. The molecule has 0 spiro atoms. The maximum Gasteiger partial charge on any atom is 0.194 e. The fourth-order valence-corrected chi connectivity index (χ4v) is 2.62. The van der Waals surface area contributed by atoms with Gasteiger partial charge in [-0.2, -0.15) is 0 Å². The molecule has 2 aromatic carbocycles. The molecule has 0 bridgehead atoms. The second-order valence-corrected chi connectivity index (χ2v) is 5.54. The molecule has 0 atom stereocenters. The Bertz CT molecular complexity index is 608. The quantitative estimate of drug-likeness (QED) is 0.554. The highest BCUT2D eigenvalue weighted by Crippen LogP contribution is 2.26. The van der Waals surface area contributed by atoms with Gasteiger partial charge in [0.25, 0.3) is 0 Å².